The smallest absolute Gasteiger partial charge is 0.325 e. The molecule has 19 heavy (non-hydrogen) atoms. The Kier molecular flexibility index (Phi) is 6.32. The lowest BCUT2D eigenvalue weighted by Gasteiger charge is -2.18. The predicted molar refractivity (Wildman–Crippen MR) is 74.3 cm³/mol. The van der Waals surface area contributed by atoms with Gasteiger partial charge in [-0.1, -0.05) is 26.0 Å². The Labute approximate surface area is 114 Å². The van der Waals surface area contributed by atoms with Crippen molar-refractivity contribution in [2.45, 2.75) is 19.9 Å². The number of carboxylic acid groups (broad SMARTS) is 1. The van der Waals surface area contributed by atoms with Crippen LogP contribution >= 0.6 is 0 Å². The zero-order chi connectivity index (χ0) is 14.3. The van der Waals surface area contributed by atoms with Crippen molar-refractivity contribution in [2.24, 2.45) is 5.73 Å². The van der Waals surface area contributed by atoms with Gasteiger partial charge in [0.2, 0.25) is 0 Å². The van der Waals surface area contributed by atoms with Crippen LogP contribution in [-0.4, -0.2) is 42.2 Å². The molecule has 1 rings (SSSR count). The molecule has 0 aliphatic heterocycles. The first kappa shape index (κ1) is 15.5. The van der Waals surface area contributed by atoms with Gasteiger partial charge in [0.1, 0.15) is 18.4 Å². The van der Waals surface area contributed by atoms with Crippen molar-refractivity contribution < 1.29 is 14.6 Å². The summed E-state index contributed by atoms with van der Waals surface area (Å²) in [5.74, 6) is -0.387. The lowest BCUT2D eigenvalue weighted by molar-refractivity contribution is -0.138. The van der Waals surface area contributed by atoms with E-state index in [1.165, 1.54) is 0 Å². The number of hydrogen-bond acceptors (Lipinski definition) is 4. The normalized spacial score (nSPS) is 12.4. The third kappa shape index (κ3) is 4.89. The number of carboxylic acids is 1. The van der Waals surface area contributed by atoms with Gasteiger partial charge in [-0.15, -0.1) is 0 Å². The van der Waals surface area contributed by atoms with E-state index in [4.69, 9.17) is 15.6 Å². The minimum atomic E-state index is -1.04. The summed E-state index contributed by atoms with van der Waals surface area (Å²) >= 11 is 0. The van der Waals surface area contributed by atoms with E-state index in [9.17, 15) is 4.79 Å². The Morgan fingerprint density at radius 2 is 2.11 bits per heavy atom. The molecule has 5 heteroatoms. The van der Waals surface area contributed by atoms with Crippen molar-refractivity contribution in [3.8, 4) is 5.75 Å². The zero-order valence-electron chi connectivity index (χ0n) is 11.5. The van der Waals surface area contributed by atoms with Gasteiger partial charge in [-0.05, 0) is 30.8 Å². The summed E-state index contributed by atoms with van der Waals surface area (Å²) in [7, 11) is 0. The second-order valence-electron chi connectivity index (χ2n) is 4.26. The van der Waals surface area contributed by atoms with Crippen LogP contribution in [0.1, 0.15) is 25.5 Å². The lowest BCUT2D eigenvalue weighted by Crippen LogP contribution is -2.28. The molecule has 0 amide bonds. The van der Waals surface area contributed by atoms with E-state index in [-0.39, 0.29) is 0 Å². The lowest BCUT2D eigenvalue weighted by atomic mass is 10.1. The molecule has 0 radical (unpaired) electrons. The van der Waals surface area contributed by atoms with Crippen LogP contribution in [0.2, 0.25) is 0 Å². The number of hydrogen-bond donors (Lipinski definition) is 2. The molecule has 0 fully saturated rings. The van der Waals surface area contributed by atoms with E-state index >= 15 is 0 Å². The third-order valence-corrected chi connectivity index (χ3v) is 3.05. The first-order chi connectivity index (χ1) is 9.08. The Hall–Kier alpha value is -1.59. The predicted octanol–water partition coefficient (Wildman–Crippen LogP) is 1.49. The standard InChI is InChI=1S/C14H22N2O3/c1-3-16(4-2)8-9-19-12-7-5-6-11(10-12)13(15)14(17)18/h5-7,10,13H,3-4,8-9,15H2,1-2H3,(H,17,18). The molecule has 0 spiro atoms. The van der Waals surface area contributed by atoms with Gasteiger partial charge in [0.05, 0.1) is 0 Å². The average molecular weight is 266 g/mol. The molecule has 0 aliphatic carbocycles. The Morgan fingerprint density at radius 3 is 2.68 bits per heavy atom. The van der Waals surface area contributed by atoms with Crippen molar-refractivity contribution in [3.63, 3.8) is 0 Å². The fraction of sp³-hybridized carbons (Fsp3) is 0.500. The molecule has 0 aromatic heterocycles. The van der Waals surface area contributed by atoms with Crippen molar-refractivity contribution in [3.05, 3.63) is 29.8 Å². The number of rotatable bonds is 8. The Morgan fingerprint density at radius 1 is 1.42 bits per heavy atom. The van der Waals surface area contributed by atoms with Gasteiger partial charge in [0.15, 0.2) is 0 Å². The molecule has 1 aromatic rings. The fourth-order valence-corrected chi connectivity index (χ4v) is 1.77. The molecule has 1 aromatic carbocycles. The van der Waals surface area contributed by atoms with E-state index in [1.807, 2.05) is 0 Å². The number of nitrogens with zero attached hydrogens (tertiary/aromatic N) is 1. The number of benzene rings is 1. The highest BCUT2D eigenvalue weighted by Gasteiger charge is 2.14. The average Bonchev–Trinajstić information content (AvgIpc) is 2.43. The Bertz CT molecular complexity index is 405. The summed E-state index contributed by atoms with van der Waals surface area (Å²) in [4.78, 5) is 13.1. The van der Waals surface area contributed by atoms with E-state index in [2.05, 4.69) is 18.7 Å². The van der Waals surface area contributed by atoms with E-state index in [1.54, 1.807) is 24.3 Å². The van der Waals surface area contributed by atoms with Crippen LogP contribution < -0.4 is 10.5 Å². The fourth-order valence-electron chi connectivity index (χ4n) is 1.77. The maximum atomic E-state index is 10.8. The van der Waals surface area contributed by atoms with Crippen LogP contribution in [0.4, 0.5) is 0 Å². The monoisotopic (exact) mass is 266 g/mol. The summed E-state index contributed by atoms with van der Waals surface area (Å²) < 4.78 is 5.62. The second kappa shape index (κ2) is 7.76. The minimum Gasteiger partial charge on any atom is -0.492 e. The highest BCUT2D eigenvalue weighted by Crippen LogP contribution is 2.18. The molecule has 1 atom stereocenters. The first-order valence-electron chi connectivity index (χ1n) is 6.52. The molecule has 3 N–H and O–H groups in total. The summed E-state index contributed by atoms with van der Waals surface area (Å²) in [6, 6.07) is 5.92. The van der Waals surface area contributed by atoms with Crippen molar-refractivity contribution >= 4 is 5.97 Å². The Balaban J connectivity index is 2.55. The third-order valence-electron chi connectivity index (χ3n) is 3.05. The van der Waals surface area contributed by atoms with Crippen molar-refractivity contribution in [1.82, 2.24) is 4.90 Å². The second-order valence-corrected chi connectivity index (χ2v) is 4.26. The maximum Gasteiger partial charge on any atom is 0.325 e. The van der Waals surface area contributed by atoms with Crippen LogP contribution in [0, 0.1) is 0 Å². The van der Waals surface area contributed by atoms with Crippen molar-refractivity contribution in [2.75, 3.05) is 26.2 Å². The number of ether oxygens (including phenoxy) is 1. The summed E-state index contributed by atoms with van der Waals surface area (Å²) in [6.45, 7) is 7.62. The van der Waals surface area contributed by atoms with Crippen LogP contribution in [0.3, 0.4) is 0 Å². The topological polar surface area (TPSA) is 75.8 Å². The van der Waals surface area contributed by atoms with Crippen molar-refractivity contribution in [1.29, 1.82) is 0 Å². The summed E-state index contributed by atoms with van der Waals surface area (Å²) in [5.41, 5.74) is 6.11. The van der Waals surface area contributed by atoms with Gasteiger partial charge in [-0.25, -0.2) is 0 Å². The molecule has 5 nitrogen and oxygen atoms in total. The number of likely N-dealkylation sites (N-methyl/N-ethyl adjacent to an activating group) is 1. The van der Waals surface area contributed by atoms with Crippen LogP contribution in [0.15, 0.2) is 24.3 Å². The maximum absolute atomic E-state index is 10.8. The molecular weight excluding hydrogens is 244 g/mol. The number of nitrogens with two attached hydrogens (primary N) is 1. The number of aliphatic carboxylic acids is 1. The molecule has 106 valence electrons. The molecule has 0 saturated carbocycles. The van der Waals surface area contributed by atoms with Gasteiger partial charge in [0, 0.05) is 6.54 Å². The largest absolute Gasteiger partial charge is 0.492 e. The van der Waals surface area contributed by atoms with E-state index < -0.39 is 12.0 Å². The van der Waals surface area contributed by atoms with E-state index in [0.717, 1.165) is 19.6 Å². The first-order valence-corrected chi connectivity index (χ1v) is 6.52. The highest BCUT2D eigenvalue weighted by atomic mass is 16.5. The minimum absolute atomic E-state index is 0.549. The molecule has 0 saturated heterocycles. The molecule has 0 bridgehead atoms. The molecule has 0 aliphatic rings. The zero-order valence-corrected chi connectivity index (χ0v) is 11.5. The molecular formula is C14H22N2O3. The quantitative estimate of drug-likeness (QED) is 0.745. The molecule has 1 unspecified atom stereocenters. The molecule has 0 heterocycles. The van der Waals surface area contributed by atoms with Crippen LogP contribution in [0.25, 0.3) is 0 Å². The van der Waals surface area contributed by atoms with Crippen LogP contribution in [-0.2, 0) is 4.79 Å². The van der Waals surface area contributed by atoms with Gasteiger partial charge in [-0.2, -0.15) is 0 Å². The summed E-state index contributed by atoms with van der Waals surface area (Å²) in [5, 5.41) is 8.87. The summed E-state index contributed by atoms with van der Waals surface area (Å²) in [6.07, 6.45) is 0. The van der Waals surface area contributed by atoms with E-state index in [0.29, 0.717) is 17.9 Å². The van der Waals surface area contributed by atoms with Gasteiger partial charge >= 0.3 is 5.97 Å². The number of carbonyl (C=O) groups is 1. The van der Waals surface area contributed by atoms with Gasteiger partial charge in [0.25, 0.3) is 0 Å². The highest BCUT2D eigenvalue weighted by molar-refractivity contribution is 5.75. The SMILES string of the molecule is CCN(CC)CCOc1cccc(C(N)C(=O)O)c1. The van der Waals surface area contributed by atoms with Crippen LogP contribution in [0.5, 0.6) is 5.75 Å². The van der Waals surface area contributed by atoms with Gasteiger partial charge < -0.3 is 20.5 Å². The van der Waals surface area contributed by atoms with Gasteiger partial charge in [-0.3, -0.25) is 4.79 Å².